The summed E-state index contributed by atoms with van der Waals surface area (Å²) in [5.74, 6) is 2.11. The van der Waals surface area contributed by atoms with E-state index >= 15 is 0 Å². The van der Waals surface area contributed by atoms with Gasteiger partial charge in [0, 0.05) is 0 Å². The molecule has 0 spiro atoms. The molecule has 0 amide bonds. The number of hydrogen-bond acceptors (Lipinski definition) is 1. The van der Waals surface area contributed by atoms with Gasteiger partial charge in [0.25, 0.3) is 0 Å². The number of fused-ring (bicyclic) bond motifs is 1. The zero-order chi connectivity index (χ0) is 14.1. The highest BCUT2D eigenvalue weighted by Gasteiger charge is 2.28. The van der Waals surface area contributed by atoms with Crippen LogP contribution >= 0.6 is 23.2 Å². The maximum atomic E-state index is 5.58. The summed E-state index contributed by atoms with van der Waals surface area (Å²) in [5.41, 5.74) is 0. The number of nitrogens with one attached hydrogen (secondary N) is 1. The first-order valence-electron chi connectivity index (χ1n) is 7.38. The Labute approximate surface area is 127 Å². The van der Waals surface area contributed by atoms with E-state index in [1.807, 2.05) is 26.0 Å². The van der Waals surface area contributed by atoms with Crippen LogP contribution in [0.25, 0.3) is 0 Å². The SMILES string of the molecule is C1CC[C@@H]2CNCC2C1.CC.Clc1ccccc1Cl. The lowest BCUT2D eigenvalue weighted by molar-refractivity contribution is 0.299. The highest BCUT2D eigenvalue weighted by molar-refractivity contribution is 6.41. The average molecular weight is 302 g/mol. The molecule has 0 aromatic heterocycles. The topological polar surface area (TPSA) is 12.0 Å². The summed E-state index contributed by atoms with van der Waals surface area (Å²) < 4.78 is 0. The van der Waals surface area contributed by atoms with Gasteiger partial charge in [0.05, 0.1) is 10.0 Å². The van der Waals surface area contributed by atoms with Crippen molar-refractivity contribution in [2.75, 3.05) is 13.1 Å². The van der Waals surface area contributed by atoms with Crippen molar-refractivity contribution in [3.63, 3.8) is 0 Å². The first-order valence-corrected chi connectivity index (χ1v) is 8.13. The summed E-state index contributed by atoms with van der Waals surface area (Å²) in [6, 6.07) is 7.19. The van der Waals surface area contributed by atoms with Crippen molar-refractivity contribution < 1.29 is 0 Å². The quantitative estimate of drug-likeness (QED) is 0.675. The van der Waals surface area contributed by atoms with Crippen LogP contribution in [0.1, 0.15) is 39.5 Å². The summed E-state index contributed by atoms with van der Waals surface area (Å²) in [4.78, 5) is 0. The first-order chi connectivity index (χ1) is 9.27. The van der Waals surface area contributed by atoms with Crippen LogP contribution in [0.15, 0.2) is 24.3 Å². The molecular formula is C16H25Cl2N. The third kappa shape index (κ3) is 5.72. The number of halogens is 2. The normalized spacial score (nSPS) is 24.4. The highest BCUT2D eigenvalue weighted by atomic mass is 35.5. The van der Waals surface area contributed by atoms with Crippen molar-refractivity contribution in [2.45, 2.75) is 39.5 Å². The fourth-order valence-corrected chi connectivity index (χ4v) is 2.99. The lowest BCUT2D eigenvalue weighted by Gasteiger charge is -2.23. The summed E-state index contributed by atoms with van der Waals surface area (Å²) in [6.07, 6.45) is 5.97. The van der Waals surface area contributed by atoms with Gasteiger partial charge in [-0.25, -0.2) is 0 Å². The molecule has 2 fully saturated rings. The van der Waals surface area contributed by atoms with Gasteiger partial charge in [-0.1, -0.05) is 62.0 Å². The molecule has 1 N–H and O–H groups in total. The van der Waals surface area contributed by atoms with Crippen LogP contribution in [0.3, 0.4) is 0 Å². The van der Waals surface area contributed by atoms with Crippen LogP contribution in [0.5, 0.6) is 0 Å². The van der Waals surface area contributed by atoms with Gasteiger partial charge in [-0.05, 0) is 49.9 Å². The molecule has 1 aromatic carbocycles. The van der Waals surface area contributed by atoms with E-state index in [9.17, 15) is 0 Å². The van der Waals surface area contributed by atoms with Crippen molar-refractivity contribution in [1.29, 1.82) is 0 Å². The van der Waals surface area contributed by atoms with E-state index in [0.29, 0.717) is 10.0 Å². The van der Waals surface area contributed by atoms with Crippen molar-refractivity contribution in [2.24, 2.45) is 11.8 Å². The van der Waals surface area contributed by atoms with Crippen LogP contribution in [0.4, 0.5) is 0 Å². The Kier molecular flexibility index (Phi) is 8.52. The smallest absolute Gasteiger partial charge is 0.0592 e. The molecule has 1 nitrogen and oxygen atoms in total. The highest BCUT2D eigenvalue weighted by Crippen LogP contribution is 2.31. The van der Waals surface area contributed by atoms with Gasteiger partial charge in [0.2, 0.25) is 0 Å². The summed E-state index contributed by atoms with van der Waals surface area (Å²) in [7, 11) is 0. The molecule has 2 atom stereocenters. The van der Waals surface area contributed by atoms with Crippen LogP contribution in [0.2, 0.25) is 10.0 Å². The molecule has 108 valence electrons. The molecule has 3 rings (SSSR count). The van der Waals surface area contributed by atoms with Gasteiger partial charge in [0.1, 0.15) is 0 Å². The molecule has 1 aliphatic heterocycles. The molecule has 19 heavy (non-hydrogen) atoms. The molecule has 3 heteroatoms. The molecule has 1 aromatic rings. The fraction of sp³-hybridized carbons (Fsp3) is 0.625. The van der Waals surface area contributed by atoms with Crippen LogP contribution in [-0.4, -0.2) is 13.1 Å². The molecule has 0 radical (unpaired) electrons. The van der Waals surface area contributed by atoms with Gasteiger partial charge < -0.3 is 5.32 Å². The van der Waals surface area contributed by atoms with Crippen LogP contribution in [0, 0.1) is 11.8 Å². The molecule has 1 aliphatic carbocycles. The van der Waals surface area contributed by atoms with E-state index in [-0.39, 0.29) is 0 Å². The summed E-state index contributed by atoms with van der Waals surface area (Å²) >= 11 is 11.2. The third-order valence-corrected chi connectivity index (χ3v) is 4.46. The predicted octanol–water partition coefficient (Wildman–Crippen LogP) is 5.42. The Balaban J connectivity index is 0.000000170. The number of rotatable bonds is 0. The minimum absolute atomic E-state index is 0.606. The summed E-state index contributed by atoms with van der Waals surface area (Å²) in [6.45, 7) is 6.62. The Morgan fingerprint density at radius 2 is 1.32 bits per heavy atom. The van der Waals surface area contributed by atoms with Gasteiger partial charge in [-0.3, -0.25) is 0 Å². The average Bonchev–Trinajstić information content (AvgIpc) is 2.93. The summed E-state index contributed by atoms with van der Waals surface area (Å²) in [5, 5.41) is 4.68. The van der Waals surface area contributed by atoms with Crippen molar-refractivity contribution in [1.82, 2.24) is 5.32 Å². The van der Waals surface area contributed by atoms with Crippen molar-refractivity contribution in [3.05, 3.63) is 34.3 Å². The van der Waals surface area contributed by atoms with Gasteiger partial charge in [-0.2, -0.15) is 0 Å². The van der Waals surface area contributed by atoms with Crippen molar-refractivity contribution >= 4 is 23.2 Å². The number of benzene rings is 1. The maximum absolute atomic E-state index is 5.58. The second-order valence-corrected chi connectivity index (χ2v) is 5.69. The molecule has 1 saturated carbocycles. The largest absolute Gasteiger partial charge is 0.316 e. The van der Waals surface area contributed by atoms with Crippen LogP contribution < -0.4 is 5.32 Å². The minimum atomic E-state index is 0.606. The van der Waals surface area contributed by atoms with E-state index in [4.69, 9.17) is 23.2 Å². The standard InChI is InChI=1S/C8H15N.C6H4Cl2.C2H6/c1-2-4-8-6-9-5-7(8)3-1;7-5-3-1-2-4-6(5)8;1-2/h7-9H,1-6H2;1-4H;1-2H3/t7-,8?;;/m1../s1. The Hall–Kier alpha value is -0.240. The van der Waals surface area contributed by atoms with Crippen LogP contribution in [-0.2, 0) is 0 Å². The Morgan fingerprint density at radius 3 is 1.68 bits per heavy atom. The molecular weight excluding hydrogens is 277 g/mol. The second-order valence-electron chi connectivity index (χ2n) is 4.88. The van der Waals surface area contributed by atoms with Gasteiger partial charge in [-0.15, -0.1) is 0 Å². The zero-order valence-corrected chi connectivity index (χ0v) is 13.5. The minimum Gasteiger partial charge on any atom is -0.316 e. The predicted molar refractivity (Wildman–Crippen MR) is 86.1 cm³/mol. The molecule has 2 aliphatic rings. The van der Waals surface area contributed by atoms with E-state index in [0.717, 1.165) is 11.8 Å². The Bertz CT molecular complexity index is 321. The monoisotopic (exact) mass is 301 g/mol. The van der Waals surface area contributed by atoms with E-state index in [2.05, 4.69) is 5.32 Å². The fourth-order valence-electron chi connectivity index (χ4n) is 2.72. The zero-order valence-electron chi connectivity index (χ0n) is 12.0. The van der Waals surface area contributed by atoms with E-state index in [1.54, 1.807) is 12.1 Å². The van der Waals surface area contributed by atoms with Crippen molar-refractivity contribution in [3.8, 4) is 0 Å². The molecule has 1 saturated heterocycles. The lowest BCUT2D eigenvalue weighted by atomic mass is 9.82. The maximum Gasteiger partial charge on any atom is 0.0592 e. The van der Waals surface area contributed by atoms with E-state index < -0.39 is 0 Å². The molecule has 0 bridgehead atoms. The van der Waals surface area contributed by atoms with Gasteiger partial charge in [0.15, 0.2) is 0 Å². The van der Waals surface area contributed by atoms with E-state index in [1.165, 1.54) is 38.8 Å². The second kappa shape index (κ2) is 9.63. The first kappa shape index (κ1) is 16.8. The lowest BCUT2D eigenvalue weighted by Crippen LogP contribution is -2.16. The molecule has 1 heterocycles. The third-order valence-electron chi connectivity index (χ3n) is 3.70. The Morgan fingerprint density at radius 1 is 0.895 bits per heavy atom. The van der Waals surface area contributed by atoms with Gasteiger partial charge >= 0.3 is 0 Å². The molecule has 1 unspecified atom stereocenters. The number of hydrogen-bond donors (Lipinski definition) is 1.